The van der Waals surface area contributed by atoms with Crippen LogP contribution in [-0.4, -0.2) is 17.3 Å². The van der Waals surface area contributed by atoms with Crippen LogP contribution in [0, 0.1) is 19.8 Å². The lowest BCUT2D eigenvalue weighted by Crippen LogP contribution is -2.43. The van der Waals surface area contributed by atoms with Crippen LogP contribution in [0.4, 0.5) is 0 Å². The highest BCUT2D eigenvalue weighted by Gasteiger charge is 2.31. The fourth-order valence-corrected chi connectivity index (χ4v) is 3.23. The Hall–Kier alpha value is -0.860. The van der Waals surface area contributed by atoms with E-state index in [0.717, 1.165) is 25.8 Å². The number of nitrogens with one attached hydrogen (secondary N) is 1. The van der Waals surface area contributed by atoms with Gasteiger partial charge in [0, 0.05) is 13.1 Å². The van der Waals surface area contributed by atoms with Crippen molar-refractivity contribution in [3.8, 4) is 0 Å². The molecule has 0 amide bonds. The number of benzene rings is 1. The van der Waals surface area contributed by atoms with Gasteiger partial charge in [-0.15, -0.1) is 0 Å². The molecule has 2 heteroatoms. The SMILES string of the molecule is Cc1cccc(CNCC2(O)CCCC(C)C2)c1C. The van der Waals surface area contributed by atoms with E-state index in [9.17, 15) is 5.11 Å². The maximum atomic E-state index is 10.6. The van der Waals surface area contributed by atoms with Gasteiger partial charge in [0.15, 0.2) is 0 Å². The molecule has 19 heavy (non-hydrogen) atoms. The van der Waals surface area contributed by atoms with Gasteiger partial charge in [0.25, 0.3) is 0 Å². The monoisotopic (exact) mass is 261 g/mol. The Kier molecular flexibility index (Phi) is 4.64. The number of hydrogen-bond donors (Lipinski definition) is 2. The first-order valence-electron chi connectivity index (χ1n) is 7.48. The molecule has 1 aliphatic carbocycles. The Bertz CT molecular complexity index is 429. The molecule has 1 aromatic carbocycles. The van der Waals surface area contributed by atoms with Gasteiger partial charge in [-0.1, -0.05) is 38.0 Å². The zero-order valence-electron chi connectivity index (χ0n) is 12.5. The number of hydrogen-bond acceptors (Lipinski definition) is 2. The summed E-state index contributed by atoms with van der Waals surface area (Å²) in [5.41, 5.74) is 3.55. The highest BCUT2D eigenvalue weighted by molar-refractivity contribution is 5.32. The molecule has 1 saturated carbocycles. The molecular weight excluding hydrogens is 234 g/mol. The van der Waals surface area contributed by atoms with Gasteiger partial charge in [0.1, 0.15) is 0 Å². The van der Waals surface area contributed by atoms with E-state index in [1.807, 2.05) is 0 Å². The molecule has 106 valence electrons. The highest BCUT2D eigenvalue weighted by Crippen LogP contribution is 2.31. The quantitative estimate of drug-likeness (QED) is 0.871. The van der Waals surface area contributed by atoms with E-state index in [4.69, 9.17) is 0 Å². The second-order valence-electron chi connectivity index (χ2n) is 6.39. The van der Waals surface area contributed by atoms with E-state index in [-0.39, 0.29) is 0 Å². The highest BCUT2D eigenvalue weighted by atomic mass is 16.3. The molecule has 0 aromatic heterocycles. The molecule has 1 aromatic rings. The molecule has 2 unspecified atom stereocenters. The minimum atomic E-state index is -0.491. The van der Waals surface area contributed by atoms with Crippen molar-refractivity contribution in [3.05, 3.63) is 34.9 Å². The van der Waals surface area contributed by atoms with Gasteiger partial charge in [-0.3, -0.25) is 0 Å². The summed E-state index contributed by atoms with van der Waals surface area (Å²) in [7, 11) is 0. The Morgan fingerprint density at radius 1 is 1.37 bits per heavy atom. The van der Waals surface area contributed by atoms with Crippen LogP contribution in [0.3, 0.4) is 0 Å². The average molecular weight is 261 g/mol. The van der Waals surface area contributed by atoms with E-state index in [2.05, 4.69) is 44.3 Å². The van der Waals surface area contributed by atoms with E-state index < -0.39 is 5.60 Å². The average Bonchev–Trinajstić information content (AvgIpc) is 2.34. The van der Waals surface area contributed by atoms with E-state index in [0.29, 0.717) is 12.5 Å². The zero-order valence-corrected chi connectivity index (χ0v) is 12.5. The Morgan fingerprint density at radius 3 is 2.89 bits per heavy atom. The van der Waals surface area contributed by atoms with Gasteiger partial charge >= 0.3 is 0 Å². The Labute approximate surface area is 117 Å². The van der Waals surface area contributed by atoms with Gasteiger partial charge in [-0.25, -0.2) is 0 Å². The van der Waals surface area contributed by atoms with Crippen molar-refractivity contribution in [3.63, 3.8) is 0 Å². The molecule has 0 saturated heterocycles. The molecule has 2 rings (SSSR count). The molecule has 1 fully saturated rings. The molecule has 1 aliphatic rings. The number of aliphatic hydroxyl groups is 1. The van der Waals surface area contributed by atoms with Crippen LogP contribution in [-0.2, 0) is 6.54 Å². The summed E-state index contributed by atoms with van der Waals surface area (Å²) in [6.45, 7) is 8.13. The molecule has 0 spiro atoms. The maximum absolute atomic E-state index is 10.6. The first kappa shape index (κ1) is 14.5. The molecule has 2 nitrogen and oxygen atoms in total. The predicted octanol–water partition coefficient (Wildman–Crippen LogP) is 3.33. The summed E-state index contributed by atoms with van der Waals surface area (Å²) in [4.78, 5) is 0. The Balaban J connectivity index is 1.87. The number of rotatable bonds is 4. The summed E-state index contributed by atoms with van der Waals surface area (Å²) in [5.74, 6) is 0.654. The molecule has 0 heterocycles. The molecule has 0 bridgehead atoms. The molecule has 2 atom stereocenters. The van der Waals surface area contributed by atoms with Gasteiger partial charge in [0.05, 0.1) is 5.60 Å². The third-order valence-electron chi connectivity index (χ3n) is 4.55. The van der Waals surface area contributed by atoms with Crippen LogP contribution in [0.1, 0.15) is 49.3 Å². The summed E-state index contributed by atoms with van der Waals surface area (Å²) in [6, 6.07) is 6.43. The second-order valence-corrected chi connectivity index (χ2v) is 6.39. The molecular formula is C17H27NO. The van der Waals surface area contributed by atoms with Crippen LogP contribution in [0.25, 0.3) is 0 Å². The van der Waals surface area contributed by atoms with Crippen LogP contribution in [0.2, 0.25) is 0 Å². The van der Waals surface area contributed by atoms with Gasteiger partial charge in [0.2, 0.25) is 0 Å². The van der Waals surface area contributed by atoms with Crippen molar-refractivity contribution < 1.29 is 5.11 Å². The van der Waals surface area contributed by atoms with Crippen LogP contribution in [0.5, 0.6) is 0 Å². The van der Waals surface area contributed by atoms with Crippen LogP contribution >= 0.6 is 0 Å². The third kappa shape index (κ3) is 3.80. The van der Waals surface area contributed by atoms with Crippen molar-refractivity contribution >= 4 is 0 Å². The fourth-order valence-electron chi connectivity index (χ4n) is 3.23. The standard InChI is InChI=1S/C17H27NO/c1-13-6-5-9-17(19,10-13)12-18-11-16-8-4-7-14(2)15(16)3/h4,7-8,13,18-19H,5-6,9-12H2,1-3H3. The minimum Gasteiger partial charge on any atom is -0.389 e. The van der Waals surface area contributed by atoms with E-state index in [1.165, 1.54) is 23.1 Å². The third-order valence-corrected chi connectivity index (χ3v) is 4.55. The normalized spacial score (nSPS) is 27.5. The first-order valence-corrected chi connectivity index (χ1v) is 7.48. The summed E-state index contributed by atoms with van der Waals surface area (Å²) < 4.78 is 0. The number of aryl methyl sites for hydroxylation is 1. The van der Waals surface area contributed by atoms with E-state index in [1.54, 1.807) is 0 Å². The van der Waals surface area contributed by atoms with Crippen molar-refractivity contribution in [1.82, 2.24) is 5.32 Å². The van der Waals surface area contributed by atoms with E-state index >= 15 is 0 Å². The fraction of sp³-hybridized carbons (Fsp3) is 0.647. The lowest BCUT2D eigenvalue weighted by molar-refractivity contribution is -0.0119. The van der Waals surface area contributed by atoms with Crippen molar-refractivity contribution in [2.75, 3.05) is 6.54 Å². The van der Waals surface area contributed by atoms with Crippen molar-refractivity contribution in [2.24, 2.45) is 5.92 Å². The maximum Gasteiger partial charge on any atom is 0.0774 e. The lowest BCUT2D eigenvalue weighted by Gasteiger charge is -2.35. The zero-order chi connectivity index (χ0) is 13.9. The molecule has 2 N–H and O–H groups in total. The smallest absolute Gasteiger partial charge is 0.0774 e. The van der Waals surface area contributed by atoms with Crippen LogP contribution in [0.15, 0.2) is 18.2 Å². The van der Waals surface area contributed by atoms with Crippen LogP contribution < -0.4 is 5.32 Å². The second kappa shape index (κ2) is 6.06. The Morgan fingerprint density at radius 2 is 2.16 bits per heavy atom. The van der Waals surface area contributed by atoms with Crippen molar-refractivity contribution in [2.45, 2.75) is 58.6 Å². The van der Waals surface area contributed by atoms with Crippen molar-refractivity contribution in [1.29, 1.82) is 0 Å². The lowest BCUT2D eigenvalue weighted by atomic mass is 9.79. The first-order chi connectivity index (χ1) is 9.00. The van der Waals surface area contributed by atoms with Gasteiger partial charge in [-0.05, 0) is 49.3 Å². The van der Waals surface area contributed by atoms with Gasteiger partial charge < -0.3 is 10.4 Å². The molecule has 0 aliphatic heterocycles. The summed E-state index contributed by atoms with van der Waals surface area (Å²) in [6.07, 6.45) is 4.30. The largest absolute Gasteiger partial charge is 0.389 e. The predicted molar refractivity (Wildman–Crippen MR) is 80.2 cm³/mol. The summed E-state index contributed by atoms with van der Waals surface area (Å²) >= 11 is 0. The minimum absolute atomic E-state index is 0.491. The topological polar surface area (TPSA) is 32.3 Å². The molecule has 0 radical (unpaired) electrons. The van der Waals surface area contributed by atoms with Gasteiger partial charge in [-0.2, -0.15) is 0 Å². The summed E-state index contributed by atoms with van der Waals surface area (Å²) in [5, 5.41) is 14.0.